The molecule has 7 heteroatoms. The molecule has 2 aromatic rings. The molecule has 1 aromatic carbocycles. The first-order valence-electron chi connectivity index (χ1n) is 8.26. The zero-order valence-corrected chi connectivity index (χ0v) is 13.3. The molecule has 1 aliphatic carbocycles. The van der Waals surface area contributed by atoms with Crippen molar-refractivity contribution in [1.29, 1.82) is 0 Å². The molecule has 2 N–H and O–H groups in total. The summed E-state index contributed by atoms with van der Waals surface area (Å²) in [7, 11) is 0. The number of aromatic nitrogens is 2. The zero-order chi connectivity index (χ0) is 16.4. The molecule has 1 fully saturated rings. The third-order valence-corrected chi connectivity index (χ3v) is 4.47. The second-order valence-electron chi connectivity index (χ2n) is 6.09. The van der Waals surface area contributed by atoms with Crippen molar-refractivity contribution in [2.45, 2.75) is 38.3 Å². The number of amides is 2. The van der Waals surface area contributed by atoms with Gasteiger partial charge in [0.25, 0.3) is 0 Å². The van der Waals surface area contributed by atoms with Crippen LogP contribution in [0.4, 0.5) is 10.6 Å². The fraction of sp³-hybridized carbons (Fsp3) is 0.412. The summed E-state index contributed by atoms with van der Waals surface area (Å²) in [6, 6.07) is 7.63. The molecule has 0 bridgehead atoms. The van der Waals surface area contributed by atoms with Crippen molar-refractivity contribution in [1.82, 2.24) is 15.1 Å². The van der Waals surface area contributed by atoms with Gasteiger partial charge < -0.3 is 14.8 Å². The molecule has 0 atom stereocenters. The van der Waals surface area contributed by atoms with Crippen LogP contribution >= 0.6 is 0 Å². The van der Waals surface area contributed by atoms with E-state index in [2.05, 4.69) is 15.7 Å². The first-order valence-corrected chi connectivity index (χ1v) is 8.26. The molecular weight excluding hydrogens is 308 g/mol. The van der Waals surface area contributed by atoms with Gasteiger partial charge in [0.15, 0.2) is 11.5 Å². The maximum absolute atomic E-state index is 12.2. The lowest BCUT2D eigenvalue weighted by atomic mass is 10.2. The van der Waals surface area contributed by atoms with Crippen LogP contribution in [-0.2, 0) is 6.54 Å². The number of ether oxygens (including phenoxy) is 2. The summed E-state index contributed by atoms with van der Waals surface area (Å²) in [5.74, 6) is 2.20. The molecule has 0 radical (unpaired) electrons. The van der Waals surface area contributed by atoms with E-state index < -0.39 is 0 Å². The number of anilines is 1. The summed E-state index contributed by atoms with van der Waals surface area (Å²) in [6.45, 7) is 0.665. The smallest absolute Gasteiger partial charge is 0.320 e. The molecule has 1 aromatic heterocycles. The Labute approximate surface area is 139 Å². The van der Waals surface area contributed by atoms with Crippen molar-refractivity contribution in [2.24, 2.45) is 0 Å². The van der Waals surface area contributed by atoms with E-state index in [1.54, 1.807) is 6.20 Å². The van der Waals surface area contributed by atoms with Crippen molar-refractivity contribution in [3.8, 4) is 11.5 Å². The number of carbonyl (C=O) groups excluding carboxylic acids is 1. The van der Waals surface area contributed by atoms with Crippen molar-refractivity contribution in [3.63, 3.8) is 0 Å². The highest BCUT2D eigenvalue weighted by atomic mass is 16.7. The molecule has 1 aliphatic heterocycles. The Kier molecular flexibility index (Phi) is 3.98. The van der Waals surface area contributed by atoms with E-state index in [-0.39, 0.29) is 12.8 Å². The molecule has 0 saturated heterocycles. The molecule has 126 valence electrons. The van der Waals surface area contributed by atoms with E-state index in [1.165, 1.54) is 12.8 Å². The molecule has 24 heavy (non-hydrogen) atoms. The third kappa shape index (κ3) is 3.02. The van der Waals surface area contributed by atoms with Crippen LogP contribution in [0.2, 0.25) is 0 Å². The quantitative estimate of drug-likeness (QED) is 0.904. The van der Waals surface area contributed by atoms with Gasteiger partial charge in [-0.1, -0.05) is 18.9 Å². The fourth-order valence-corrected chi connectivity index (χ4v) is 3.25. The Balaban J connectivity index is 1.35. The van der Waals surface area contributed by atoms with Crippen LogP contribution in [0, 0.1) is 0 Å². The van der Waals surface area contributed by atoms with Crippen LogP contribution in [-0.4, -0.2) is 22.6 Å². The lowest BCUT2D eigenvalue weighted by molar-refractivity contribution is 0.174. The van der Waals surface area contributed by atoms with Gasteiger partial charge in [0, 0.05) is 12.6 Å². The average Bonchev–Trinajstić information content (AvgIpc) is 3.32. The fourth-order valence-electron chi connectivity index (χ4n) is 3.25. The number of rotatable bonds is 4. The molecule has 2 amide bonds. The van der Waals surface area contributed by atoms with Crippen molar-refractivity contribution in [3.05, 3.63) is 36.0 Å². The van der Waals surface area contributed by atoms with Gasteiger partial charge in [0.2, 0.25) is 6.79 Å². The molecule has 4 rings (SSSR count). The van der Waals surface area contributed by atoms with E-state index in [1.807, 2.05) is 28.9 Å². The Morgan fingerprint density at radius 1 is 1.21 bits per heavy atom. The number of hydrogen-bond donors (Lipinski definition) is 2. The molecule has 1 saturated carbocycles. The van der Waals surface area contributed by atoms with E-state index >= 15 is 0 Å². The van der Waals surface area contributed by atoms with E-state index in [0.717, 1.165) is 30.0 Å². The summed E-state index contributed by atoms with van der Waals surface area (Å²) >= 11 is 0. The zero-order valence-electron chi connectivity index (χ0n) is 13.3. The van der Waals surface area contributed by atoms with Gasteiger partial charge in [-0.2, -0.15) is 5.10 Å². The first-order chi connectivity index (χ1) is 11.8. The predicted molar refractivity (Wildman–Crippen MR) is 88.2 cm³/mol. The second-order valence-corrected chi connectivity index (χ2v) is 6.09. The van der Waals surface area contributed by atoms with Gasteiger partial charge in [-0.15, -0.1) is 0 Å². The minimum absolute atomic E-state index is 0.243. The Morgan fingerprint density at radius 3 is 2.92 bits per heavy atom. The number of fused-ring (bicyclic) bond motifs is 1. The molecule has 2 heterocycles. The third-order valence-electron chi connectivity index (χ3n) is 4.47. The normalized spacial score (nSPS) is 16.3. The lowest BCUT2D eigenvalue weighted by Gasteiger charge is -2.15. The largest absolute Gasteiger partial charge is 0.454 e. The molecule has 2 aliphatic rings. The van der Waals surface area contributed by atoms with Gasteiger partial charge in [-0.3, -0.25) is 5.32 Å². The number of urea groups is 1. The first kappa shape index (κ1) is 14.9. The van der Waals surface area contributed by atoms with Crippen LogP contribution < -0.4 is 20.1 Å². The second kappa shape index (κ2) is 6.43. The van der Waals surface area contributed by atoms with Crippen molar-refractivity contribution < 1.29 is 14.3 Å². The lowest BCUT2D eigenvalue weighted by Crippen LogP contribution is -2.29. The highest BCUT2D eigenvalue weighted by Gasteiger charge is 2.20. The van der Waals surface area contributed by atoms with E-state index in [4.69, 9.17) is 9.47 Å². The monoisotopic (exact) mass is 328 g/mol. The SMILES string of the molecule is O=C(NCc1ccc2c(c1)OCO2)Nc1ccnn1C1CCCC1. The predicted octanol–water partition coefficient (Wildman–Crippen LogP) is 3.05. The minimum Gasteiger partial charge on any atom is -0.454 e. The highest BCUT2D eigenvalue weighted by molar-refractivity contribution is 5.88. The van der Waals surface area contributed by atoms with Gasteiger partial charge in [-0.25, -0.2) is 9.48 Å². The number of nitrogens with one attached hydrogen (secondary N) is 2. The van der Waals surface area contributed by atoms with Gasteiger partial charge in [0.1, 0.15) is 5.82 Å². The van der Waals surface area contributed by atoms with Crippen LogP contribution in [0.15, 0.2) is 30.5 Å². The van der Waals surface area contributed by atoms with E-state index in [9.17, 15) is 4.79 Å². The van der Waals surface area contributed by atoms with Gasteiger partial charge in [-0.05, 0) is 30.5 Å². The molecule has 7 nitrogen and oxygen atoms in total. The number of benzene rings is 1. The standard InChI is InChI=1S/C17H20N4O3/c22-17(18-10-12-5-6-14-15(9-12)24-11-23-14)20-16-7-8-19-21(16)13-3-1-2-4-13/h5-9,13H,1-4,10-11H2,(H2,18,20,22). The average molecular weight is 328 g/mol. The van der Waals surface area contributed by atoms with Gasteiger partial charge in [0.05, 0.1) is 12.2 Å². The summed E-state index contributed by atoms with van der Waals surface area (Å²) < 4.78 is 12.5. The summed E-state index contributed by atoms with van der Waals surface area (Å²) in [5.41, 5.74) is 0.957. The Bertz CT molecular complexity index is 737. The highest BCUT2D eigenvalue weighted by Crippen LogP contribution is 2.32. The van der Waals surface area contributed by atoms with Crippen LogP contribution in [0.25, 0.3) is 0 Å². The van der Waals surface area contributed by atoms with Crippen LogP contribution in [0.5, 0.6) is 11.5 Å². The Morgan fingerprint density at radius 2 is 2.04 bits per heavy atom. The maximum atomic E-state index is 12.2. The summed E-state index contributed by atoms with van der Waals surface area (Å²) in [4.78, 5) is 12.2. The van der Waals surface area contributed by atoms with Crippen molar-refractivity contribution >= 4 is 11.8 Å². The van der Waals surface area contributed by atoms with Crippen LogP contribution in [0.3, 0.4) is 0 Å². The molecular formula is C17H20N4O3. The Hall–Kier alpha value is -2.70. The number of hydrogen-bond acceptors (Lipinski definition) is 4. The maximum Gasteiger partial charge on any atom is 0.320 e. The minimum atomic E-state index is -0.243. The van der Waals surface area contributed by atoms with Gasteiger partial charge >= 0.3 is 6.03 Å². The topological polar surface area (TPSA) is 77.4 Å². The molecule has 0 spiro atoms. The summed E-state index contributed by atoms with van der Waals surface area (Å²) in [5, 5.41) is 10.1. The number of nitrogens with zero attached hydrogens (tertiary/aromatic N) is 2. The van der Waals surface area contributed by atoms with E-state index in [0.29, 0.717) is 18.3 Å². The van der Waals surface area contributed by atoms with Crippen LogP contribution in [0.1, 0.15) is 37.3 Å². The molecule has 0 unspecified atom stereocenters. The summed E-state index contributed by atoms with van der Waals surface area (Å²) in [6.07, 6.45) is 6.41. The number of carbonyl (C=O) groups is 1. The van der Waals surface area contributed by atoms with Crippen molar-refractivity contribution in [2.75, 3.05) is 12.1 Å².